The average molecular weight is 440 g/mol. The summed E-state index contributed by atoms with van der Waals surface area (Å²) in [6.07, 6.45) is 1.53. The topological polar surface area (TPSA) is 111 Å². The monoisotopic (exact) mass is 439 g/mol. The third-order valence-corrected chi connectivity index (χ3v) is 8.19. The van der Waals surface area contributed by atoms with Crippen LogP contribution in [0.1, 0.15) is 27.7 Å². The lowest BCUT2D eigenvalue weighted by molar-refractivity contribution is -0.139. The van der Waals surface area contributed by atoms with Crippen LogP contribution in [0, 0.1) is 0 Å². The standard InChI is InChI=1S/C11H22O5Si.C5H11NO4Si/c1-6-14-17(15-7-2,16-8-3)9-13-11(12)10(4)5;1-8-11(9-2,10-3)5-6-4-7/h4,6-9H2,1-3,5H3;5H2,1-3H3. The lowest BCUT2D eigenvalue weighted by Crippen LogP contribution is -2.51. The highest BCUT2D eigenvalue weighted by Gasteiger charge is 2.42. The van der Waals surface area contributed by atoms with E-state index in [1.54, 1.807) is 6.92 Å². The Bertz CT molecular complexity index is 469. The van der Waals surface area contributed by atoms with Crippen LogP contribution in [0.3, 0.4) is 0 Å². The van der Waals surface area contributed by atoms with Crippen LogP contribution in [0.25, 0.3) is 0 Å². The van der Waals surface area contributed by atoms with E-state index < -0.39 is 23.6 Å². The van der Waals surface area contributed by atoms with Crippen molar-refractivity contribution in [3.63, 3.8) is 0 Å². The number of esters is 1. The second-order valence-electron chi connectivity index (χ2n) is 5.04. The van der Waals surface area contributed by atoms with Gasteiger partial charge in [0.15, 0.2) is 6.23 Å². The number of carbonyl (C=O) groups excluding carboxylic acids is 2. The van der Waals surface area contributed by atoms with Crippen LogP contribution in [0.4, 0.5) is 0 Å². The molecule has 0 aromatic rings. The van der Waals surface area contributed by atoms with E-state index in [0.717, 1.165) is 0 Å². The molecule has 28 heavy (non-hydrogen) atoms. The molecule has 0 aromatic heterocycles. The van der Waals surface area contributed by atoms with Crippen molar-refractivity contribution in [3.8, 4) is 0 Å². The molecule has 0 aromatic carbocycles. The van der Waals surface area contributed by atoms with E-state index in [2.05, 4.69) is 11.6 Å². The van der Waals surface area contributed by atoms with E-state index in [-0.39, 0.29) is 12.4 Å². The van der Waals surface area contributed by atoms with Gasteiger partial charge in [0.05, 0.1) is 0 Å². The molecule has 0 rings (SSSR count). The van der Waals surface area contributed by atoms with Crippen molar-refractivity contribution < 1.29 is 40.9 Å². The molecule has 0 saturated heterocycles. The minimum atomic E-state index is -2.89. The normalized spacial score (nSPS) is 11.1. The van der Waals surface area contributed by atoms with Crippen LogP contribution >= 0.6 is 0 Å². The van der Waals surface area contributed by atoms with Crippen molar-refractivity contribution in [2.75, 3.05) is 53.5 Å². The molecule has 0 N–H and O–H groups in total. The van der Waals surface area contributed by atoms with Crippen molar-refractivity contribution >= 4 is 29.7 Å². The fourth-order valence-electron chi connectivity index (χ4n) is 1.76. The Labute approximate surface area is 169 Å². The number of isocyanates is 1. The molecule has 0 unspecified atom stereocenters. The molecule has 0 aliphatic carbocycles. The summed E-state index contributed by atoms with van der Waals surface area (Å²) in [7, 11) is -1.18. The smallest absolute Gasteiger partial charge is 0.458 e. The van der Waals surface area contributed by atoms with Gasteiger partial charge in [-0.3, -0.25) is 0 Å². The Hall–Kier alpha value is -1.22. The van der Waals surface area contributed by atoms with Gasteiger partial charge in [0.1, 0.15) is 6.17 Å². The second-order valence-corrected chi connectivity index (χ2v) is 10.5. The van der Waals surface area contributed by atoms with E-state index in [4.69, 9.17) is 31.3 Å². The Morgan fingerprint density at radius 3 is 1.64 bits per heavy atom. The van der Waals surface area contributed by atoms with E-state index in [1.165, 1.54) is 27.4 Å². The van der Waals surface area contributed by atoms with Gasteiger partial charge in [0.2, 0.25) is 6.08 Å². The number of carbonyl (C=O) groups is 1. The molecule has 0 aliphatic rings. The minimum absolute atomic E-state index is 0.0220. The molecule has 0 spiro atoms. The Morgan fingerprint density at radius 2 is 1.36 bits per heavy atom. The van der Waals surface area contributed by atoms with Crippen molar-refractivity contribution in [3.05, 3.63) is 12.2 Å². The molecule has 0 atom stereocenters. The molecule has 0 amide bonds. The van der Waals surface area contributed by atoms with Crippen LogP contribution < -0.4 is 0 Å². The third-order valence-electron chi connectivity index (χ3n) is 3.09. The summed E-state index contributed by atoms with van der Waals surface area (Å²) in [4.78, 5) is 24.4. The maximum Gasteiger partial charge on any atom is 0.540 e. The predicted molar refractivity (Wildman–Crippen MR) is 106 cm³/mol. The highest BCUT2D eigenvalue weighted by atomic mass is 28.4. The van der Waals surface area contributed by atoms with Gasteiger partial charge in [-0.1, -0.05) is 6.58 Å². The van der Waals surface area contributed by atoms with Crippen molar-refractivity contribution in [2.24, 2.45) is 4.99 Å². The molecule has 0 radical (unpaired) electrons. The van der Waals surface area contributed by atoms with Crippen LogP contribution in [0.2, 0.25) is 0 Å². The Balaban J connectivity index is 0. The molecule has 0 aliphatic heterocycles. The summed E-state index contributed by atoms with van der Waals surface area (Å²) in [5.74, 6) is -0.457. The third kappa shape index (κ3) is 11.6. The predicted octanol–water partition coefficient (Wildman–Crippen LogP) is 1.43. The number of rotatable bonds is 14. The van der Waals surface area contributed by atoms with Gasteiger partial charge < -0.3 is 31.3 Å². The fraction of sp³-hybridized carbons (Fsp3) is 0.750. The number of nitrogens with zero attached hydrogens (tertiary/aromatic N) is 1. The second kappa shape index (κ2) is 16.7. The molecule has 164 valence electrons. The molecule has 0 fully saturated rings. The van der Waals surface area contributed by atoms with Crippen molar-refractivity contribution in [1.82, 2.24) is 0 Å². The lowest BCUT2D eigenvalue weighted by Gasteiger charge is -2.27. The first kappa shape index (κ1) is 29.0. The van der Waals surface area contributed by atoms with Gasteiger partial charge in [-0.15, -0.1) is 0 Å². The molecular formula is C16H33NO9Si2. The van der Waals surface area contributed by atoms with Gasteiger partial charge in [-0.25, -0.2) is 14.6 Å². The summed E-state index contributed by atoms with van der Waals surface area (Å²) in [6, 6.07) is 0. The van der Waals surface area contributed by atoms with E-state index in [9.17, 15) is 9.59 Å². The average Bonchev–Trinajstić information content (AvgIpc) is 2.69. The largest absolute Gasteiger partial charge is 0.540 e. The van der Waals surface area contributed by atoms with E-state index in [1.807, 2.05) is 20.8 Å². The molecular weight excluding hydrogens is 406 g/mol. The van der Waals surface area contributed by atoms with Gasteiger partial charge in [0, 0.05) is 46.7 Å². The first-order valence-electron chi connectivity index (χ1n) is 8.69. The summed E-state index contributed by atoms with van der Waals surface area (Å²) in [6.45, 7) is 12.0. The maximum atomic E-state index is 11.3. The lowest BCUT2D eigenvalue weighted by atomic mass is 10.4. The number of hydrogen-bond acceptors (Lipinski definition) is 10. The zero-order chi connectivity index (χ0) is 22.1. The molecule has 10 nitrogen and oxygen atoms in total. The van der Waals surface area contributed by atoms with Crippen molar-refractivity contribution in [2.45, 2.75) is 27.7 Å². The summed E-state index contributed by atoms with van der Waals surface area (Å²) in [5, 5.41) is 0. The van der Waals surface area contributed by atoms with Crippen LogP contribution in [0.15, 0.2) is 17.1 Å². The van der Waals surface area contributed by atoms with Gasteiger partial charge in [-0.2, -0.15) is 0 Å². The van der Waals surface area contributed by atoms with E-state index in [0.29, 0.717) is 25.4 Å². The molecule has 12 heteroatoms. The fourth-order valence-corrected chi connectivity index (χ4v) is 5.03. The van der Waals surface area contributed by atoms with Crippen LogP contribution in [0.5, 0.6) is 0 Å². The maximum absolute atomic E-state index is 11.3. The highest BCUT2D eigenvalue weighted by Crippen LogP contribution is 2.11. The molecule has 0 saturated carbocycles. The van der Waals surface area contributed by atoms with Gasteiger partial charge >= 0.3 is 23.6 Å². The van der Waals surface area contributed by atoms with Crippen LogP contribution in [-0.4, -0.2) is 83.2 Å². The molecule has 0 bridgehead atoms. The summed E-state index contributed by atoms with van der Waals surface area (Å²) in [5.41, 5.74) is 0.345. The summed E-state index contributed by atoms with van der Waals surface area (Å²) < 4.78 is 36.5. The highest BCUT2D eigenvalue weighted by molar-refractivity contribution is 6.61. The number of hydrogen-bond donors (Lipinski definition) is 0. The number of ether oxygens (including phenoxy) is 1. The first-order chi connectivity index (χ1) is 13.3. The quantitative estimate of drug-likeness (QED) is 0.130. The van der Waals surface area contributed by atoms with E-state index >= 15 is 0 Å². The minimum Gasteiger partial charge on any atom is -0.458 e. The number of aliphatic imine (C=N–C) groups is 1. The SMILES string of the molecule is C=C(C)C(=O)OC[Si](OCC)(OCC)OCC.CO[Si](CN=C=O)(OC)OC. The zero-order valence-electron chi connectivity index (χ0n) is 17.9. The van der Waals surface area contributed by atoms with Gasteiger partial charge in [0.25, 0.3) is 0 Å². The Morgan fingerprint density at radius 1 is 0.929 bits per heavy atom. The van der Waals surface area contributed by atoms with Crippen molar-refractivity contribution in [1.29, 1.82) is 0 Å². The summed E-state index contributed by atoms with van der Waals surface area (Å²) >= 11 is 0. The zero-order valence-corrected chi connectivity index (χ0v) is 19.9. The molecule has 0 heterocycles. The first-order valence-corrected chi connectivity index (χ1v) is 12.6. The Kier molecular flexibility index (Phi) is 17.3. The van der Waals surface area contributed by atoms with Crippen LogP contribution in [-0.2, 0) is 40.9 Å². The van der Waals surface area contributed by atoms with Gasteiger partial charge in [-0.05, 0) is 27.7 Å².